The van der Waals surface area contributed by atoms with Crippen LogP contribution in [0, 0.1) is 0 Å². The lowest BCUT2D eigenvalue weighted by molar-refractivity contribution is -0.141. The van der Waals surface area contributed by atoms with Crippen LogP contribution in [0.2, 0.25) is 5.02 Å². The lowest BCUT2D eigenvalue weighted by atomic mass is 9.87. The smallest absolute Gasteiger partial charge is 0.233 e. The van der Waals surface area contributed by atoms with Crippen LogP contribution < -0.4 is 0 Å². The molecule has 1 aliphatic heterocycles. The summed E-state index contributed by atoms with van der Waals surface area (Å²) in [5, 5.41) is 21.9. The third-order valence-electron chi connectivity index (χ3n) is 5.21. The first-order valence-electron chi connectivity index (χ1n) is 8.18. The van der Waals surface area contributed by atoms with Gasteiger partial charge >= 0.3 is 0 Å². The summed E-state index contributed by atoms with van der Waals surface area (Å²) >= 11 is 5.96. The Bertz CT molecular complexity index is 742. The van der Waals surface area contributed by atoms with E-state index in [9.17, 15) is 9.90 Å². The molecule has 24 heavy (non-hydrogen) atoms. The first-order chi connectivity index (χ1) is 11.5. The average Bonchev–Trinajstić information content (AvgIpc) is 3.19. The second-order valence-corrected chi connectivity index (χ2v) is 7.24. The fourth-order valence-electron chi connectivity index (χ4n) is 3.67. The van der Waals surface area contributed by atoms with Crippen molar-refractivity contribution < 1.29 is 9.90 Å². The fraction of sp³-hybridized carbons (Fsp3) is 0.471. The van der Waals surface area contributed by atoms with Crippen LogP contribution in [0.3, 0.4) is 0 Å². The molecule has 1 saturated heterocycles. The predicted octanol–water partition coefficient (Wildman–Crippen LogP) is 2.00. The number of aliphatic hydroxyl groups is 1. The molecule has 1 saturated carbocycles. The first-order valence-corrected chi connectivity index (χ1v) is 8.55. The Morgan fingerprint density at radius 3 is 2.62 bits per heavy atom. The maximum atomic E-state index is 13.2. The van der Waals surface area contributed by atoms with Crippen molar-refractivity contribution in [1.82, 2.24) is 20.3 Å². The normalized spacial score (nSPS) is 25.5. The standard InChI is InChI=1S/C17H19ClN4O2/c18-13-4-2-12(3-5-13)16(7-8-16)15(23)22-9-1-6-17(24,11-22)14-10-19-21-20-14/h2-5,10,24H,1,6-9,11H2,(H,19,20,21)/t17-/m1/s1. The van der Waals surface area contributed by atoms with E-state index in [1.165, 1.54) is 6.20 Å². The summed E-state index contributed by atoms with van der Waals surface area (Å²) in [6.45, 7) is 0.919. The number of aromatic nitrogens is 3. The van der Waals surface area contributed by atoms with Crippen molar-refractivity contribution in [2.75, 3.05) is 13.1 Å². The fourth-order valence-corrected chi connectivity index (χ4v) is 3.79. The third-order valence-corrected chi connectivity index (χ3v) is 5.46. The highest BCUT2D eigenvalue weighted by atomic mass is 35.5. The number of hydrogen-bond donors (Lipinski definition) is 2. The Labute approximate surface area is 144 Å². The number of halogens is 1. The molecule has 1 aromatic heterocycles. The van der Waals surface area contributed by atoms with Gasteiger partial charge in [0, 0.05) is 11.6 Å². The molecular weight excluding hydrogens is 328 g/mol. The number of carbonyl (C=O) groups excluding carboxylic acids is 1. The predicted molar refractivity (Wildman–Crippen MR) is 88.5 cm³/mol. The molecule has 6 nitrogen and oxygen atoms in total. The summed E-state index contributed by atoms with van der Waals surface area (Å²) in [5.41, 5.74) is -0.0762. The molecule has 1 aliphatic carbocycles. The Hall–Kier alpha value is -1.92. The quantitative estimate of drug-likeness (QED) is 0.890. The number of amides is 1. The van der Waals surface area contributed by atoms with Crippen LogP contribution in [-0.4, -0.2) is 44.4 Å². The van der Waals surface area contributed by atoms with Gasteiger partial charge in [-0.05, 0) is 43.4 Å². The number of carbonyl (C=O) groups is 1. The minimum absolute atomic E-state index is 0.0893. The van der Waals surface area contributed by atoms with Crippen molar-refractivity contribution in [3.05, 3.63) is 46.7 Å². The summed E-state index contributed by atoms with van der Waals surface area (Å²) in [5.74, 6) is 0.0893. The van der Waals surface area contributed by atoms with Gasteiger partial charge in [-0.3, -0.25) is 4.79 Å². The molecule has 1 atom stereocenters. The Balaban J connectivity index is 1.57. The van der Waals surface area contributed by atoms with Gasteiger partial charge in [0.15, 0.2) is 0 Å². The van der Waals surface area contributed by atoms with Crippen LogP contribution in [-0.2, 0) is 15.8 Å². The first kappa shape index (κ1) is 15.6. The van der Waals surface area contributed by atoms with Crippen molar-refractivity contribution in [1.29, 1.82) is 0 Å². The molecule has 0 spiro atoms. The molecular formula is C17H19ClN4O2. The van der Waals surface area contributed by atoms with E-state index in [1.54, 1.807) is 4.90 Å². The number of benzene rings is 1. The largest absolute Gasteiger partial charge is 0.382 e. The van der Waals surface area contributed by atoms with Crippen LogP contribution >= 0.6 is 11.6 Å². The average molecular weight is 347 g/mol. The monoisotopic (exact) mass is 346 g/mol. The molecule has 4 rings (SSSR count). The zero-order valence-corrected chi connectivity index (χ0v) is 14.0. The summed E-state index contributed by atoms with van der Waals surface area (Å²) < 4.78 is 0. The van der Waals surface area contributed by atoms with E-state index >= 15 is 0 Å². The van der Waals surface area contributed by atoms with E-state index in [1.807, 2.05) is 24.3 Å². The number of aromatic amines is 1. The van der Waals surface area contributed by atoms with E-state index in [0.29, 0.717) is 23.7 Å². The summed E-state index contributed by atoms with van der Waals surface area (Å²) in [4.78, 5) is 14.9. The van der Waals surface area contributed by atoms with Crippen molar-refractivity contribution in [3.8, 4) is 0 Å². The number of H-pyrrole nitrogens is 1. The number of piperidine rings is 1. The van der Waals surface area contributed by atoms with Crippen molar-refractivity contribution in [2.45, 2.75) is 36.7 Å². The molecule has 2 aromatic rings. The van der Waals surface area contributed by atoms with Gasteiger partial charge in [0.05, 0.1) is 18.2 Å². The van der Waals surface area contributed by atoms with Gasteiger partial charge in [0.2, 0.25) is 5.91 Å². The van der Waals surface area contributed by atoms with Gasteiger partial charge in [-0.1, -0.05) is 23.7 Å². The highest BCUT2D eigenvalue weighted by Gasteiger charge is 2.54. The van der Waals surface area contributed by atoms with Gasteiger partial charge in [-0.2, -0.15) is 15.4 Å². The number of nitrogens with zero attached hydrogens (tertiary/aromatic N) is 3. The zero-order valence-electron chi connectivity index (χ0n) is 13.2. The van der Waals surface area contributed by atoms with Gasteiger partial charge in [-0.15, -0.1) is 0 Å². The summed E-state index contributed by atoms with van der Waals surface area (Å²) in [6.07, 6.45) is 4.53. The van der Waals surface area contributed by atoms with E-state index in [-0.39, 0.29) is 12.5 Å². The van der Waals surface area contributed by atoms with Crippen LogP contribution in [0.25, 0.3) is 0 Å². The van der Waals surface area contributed by atoms with Gasteiger partial charge in [0.1, 0.15) is 11.3 Å². The molecule has 126 valence electrons. The molecule has 2 fully saturated rings. The van der Waals surface area contributed by atoms with Crippen molar-refractivity contribution in [2.24, 2.45) is 0 Å². The topological polar surface area (TPSA) is 82.1 Å². The van der Waals surface area contributed by atoms with Gasteiger partial charge in [-0.25, -0.2) is 0 Å². The minimum atomic E-state index is -1.13. The van der Waals surface area contributed by atoms with Crippen LogP contribution in [0.5, 0.6) is 0 Å². The van der Waals surface area contributed by atoms with Crippen LogP contribution in [0.4, 0.5) is 0 Å². The molecule has 0 bridgehead atoms. The second kappa shape index (κ2) is 5.57. The molecule has 7 heteroatoms. The Morgan fingerprint density at radius 2 is 2.00 bits per heavy atom. The highest BCUT2D eigenvalue weighted by Crippen LogP contribution is 2.50. The maximum absolute atomic E-state index is 13.2. The summed E-state index contributed by atoms with van der Waals surface area (Å²) in [7, 11) is 0. The van der Waals surface area contributed by atoms with Crippen LogP contribution in [0.15, 0.2) is 30.5 Å². The molecule has 1 aromatic carbocycles. The van der Waals surface area contributed by atoms with Crippen molar-refractivity contribution >= 4 is 17.5 Å². The molecule has 2 aliphatic rings. The third kappa shape index (κ3) is 2.50. The van der Waals surface area contributed by atoms with E-state index in [0.717, 1.165) is 24.8 Å². The van der Waals surface area contributed by atoms with Gasteiger partial charge in [0.25, 0.3) is 0 Å². The number of nitrogens with one attached hydrogen (secondary N) is 1. The highest BCUT2D eigenvalue weighted by molar-refractivity contribution is 6.30. The lowest BCUT2D eigenvalue weighted by Crippen LogP contribution is -2.51. The Kier molecular flexibility index (Phi) is 3.62. The second-order valence-electron chi connectivity index (χ2n) is 6.81. The maximum Gasteiger partial charge on any atom is 0.233 e. The molecule has 2 heterocycles. The molecule has 2 N–H and O–H groups in total. The molecule has 1 amide bonds. The zero-order chi connectivity index (χ0) is 16.8. The lowest BCUT2D eigenvalue weighted by Gasteiger charge is -2.39. The molecule has 0 radical (unpaired) electrons. The van der Waals surface area contributed by atoms with E-state index < -0.39 is 11.0 Å². The van der Waals surface area contributed by atoms with E-state index in [4.69, 9.17) is 11.6 Å². The van der Waals surface area contributed by atoms with Crippen molar-refractivity contribution in [3.63, 3.8) is 0 Å². The van der Waals surface area contributed by atoms with Crippen LogP contribution in [0.1, 0.15) is 36.9 Å². The Morgan fingerprint density at radius 1 is 1.25 bits per heavy atom. The molecule has 0 unspecified atom stereocenters. The number of rotatable bonds is 3. The van der Waals surface area contributed by atoms with Gasteiger partial charge < -0.3 is 10.0 Å². The summed E-state index contributed by atoms with van der Waals surface area (Å²) in [6, 6.07) is 7.51. The minimum Gasteiger partial charge on any atom is -0.382 e. The number of hydrogen-bond acceptors (Lipinski definition) is 4. The SMILES string of the molecule is O=C(N1CCC[C@](O)(c2cn[nH]n2)C1)C1(c2ccc(Cl)cc2)CC1. The van der Waals surface area contributed by atoms with E-state index in [2.05, 4.69) is 15.4 Å². The number of likely N-dealkylation sites (tertiary alicyclic amines) is 1. The number of β-amino-alcohol motifs (C(OH)–C–C–N with tert-alkyl or cyclic N) is 1.